The third kappa shape index (κ3) is 6.05. The molecule has 0 saturated heterocycles. The van der Waals surface area contributed by atoms with Crippen LogP contribution in [0.3, 0.4) is 0 Å². The van der Waals surface area contributed by atoms with E-state index < -0.39 is 0 Å². The van der Waals surface area contributed by atoms with Crippen molar-refractivity contribution < 1.29 is 4.74 Å². The Hall–Kier alpha value is -0.450. The third-order valence-electron chi connectivity index (χ3n) is 3.94. The number of methoxy groups -OCH3 is 1. The molecule has 0 aliphatic rings. The van der Waals surface area contributed by atoms with Gasteiger partial charge in [0.1, 0.15) is 5.01 Å². The molecule has 1 heterocycles. The molecule has 0 amide bonds. The first-order valence-electron chi connectivity index (χ1n) is 8.23. The Morgan fingerprint density at radius 3 is 2.67 bits per heavy atom. The Morgan fingerprint density at radius 2 is 2.10 bits per heavy atom. The standard InChI is InChI=1S/C17H32N2OS/c1-6-7-8-9-10-17(4,18-11-12-20-5)16-19-15(13-21-16)14(2)3/h13-14,18H,6-12H2,1-5H3. The summed E-state index contributed by atoms with van der Waals surface area (Å²) in [5.74, 6) is 0.498. The third-order valence-corrected chi connectivity index (χ3v) is 5.06. The van der Waals surface area contributed by atoms with E-state index in [-0.39, 0.29) is 5.54 Å². The smallest absolute Gasteiger partial charge is 0.113 e. The van der Waals surface area contributed by atoms with Gasteiger partial charge in [0.05, 0.1) is 17.8 Å². The van der Waals surface area contributed by atoms with Crippen LogP contribution in [0.15, 0.2) is 5.38 Å². The number of nitrogens with zero attached hydrogens (tertiary/aromatic N) is 1. The van der Waals surface area contributed by atoms with E-state index in [0.717, 1.165) is 19.6 Å². The van der Waals surface area contributed by atoms with Gasteiger partial charge in [0.2, 0.25) is 0 Å². The fourth-order valence-corrected chi connectivity index (χ4v) is 3.56. The molecule has 122 valence electrons. The van der Waals surface area contributed by atoms with Crippen molar-refractivity contribution >= 4 is 11.3 Å². The van der Waals surface area contributed by atoms with Gasteiger partial charge in [-0.25, -0.2) is 4.98 Å². The first-order chi connectivity index (χ1) is 10.0. The highest BCUT2D eigenvalue weighted by Gasteiger charge is 2.29. The maximum absolute atomic E-state index is 5.18. The number of thiazole rings is 1. The Bertz CT molecular complexity index is 392. The predicted molar refractivity (Wildman–Crippen MR) is 92.2 cm³/mol. The molecule has 1 atom stereocenters. The average molecular weight is 313 g/mol. The summed E-state index contributed by atoms with van der Waals surface area (Å²) in [6.45, 7) is 10.6. The second-order valence-corrected chi connectivity index (χ2v) is 7.15. The number of aromatic nitrogens is 1. The fraction of sp³-hybridized carbons (Fsp3) is 0.824. The second kappa shape index (κ2) is 9.54. The number of rotatable bonds is 11. The summed E-state index contributed by atoms with van der Waals surface area (Å²) in [5.41, 5.74) is 1.19. The highest BCUT2D eigenvalue weighted by Crippen LogP contribution is 2.31. The molecule has 0 radical (unpaired) electrons. The van der Waals surface area contributed by atoms with Gasteiger partial charge in [-0.15, -0.1) is 11.3 Å². The Kier molecular flexibility index (Phi) is 8.45. The van der Waals surface area contributed by atoms with Gasteiger partial charge in [0, 0.05) is 19.0 Å². The molecule has 1 unspecified atom stereocenters. The summed E-state index contributed by atoms with van der Waals surface area (Å²) >= 11 is 1.79. The molecule has 4 heteroatoms. The van der Waals surface area contributed by atoms with Crippen LogP contribution in [0.5, 0.6) is 0 Å². The maximum atomic E-state index is 5.18. The molecule has 21 heavy (non-hydrogen) atoms. The summed E-state index contributed by atoms with van der Waals surface area (Å²) in [4.78, 5) is 4.87. The van der Waals surface area contributed by atoms with Gasteiger partial charge in [-0.1, -0.05) is 46.5 Å². The minimum Gasteiger partial charge on any atom is -0.383 e. The summed E-state index contributed by atoms with van der Waals surface area (Å²) in [7, 11) is 1.75. The average Bonchev–Trinajstić information content (AvgIpc) is 2.95. The van der Waals surface area contributed by atoms with Crippen molar-refractivity contribution in [3.63, 3.8) is 0 Å². The van der Waals surface area contributed by atoms with Crippen molar-refractivity contribution in [1.29, 1.82) is 0 Å². The van der Waals surface area contributed by atoms with Crippen molar-refractivity contribution in [3.8, 4) is 0 Å². The van der Waals surface area contributed by atoms with E-state index in [0.29, 0.717) is 5.92 Å². The van der Waals surface area contributed by atoms with Crippen molar-refractivity contribution in [2.75, 3.05) is 20.3 Å². The molecule has 1 aromatic heterocycles. The lowest BCUT2D eigenvalue weighted by molar-refractivity contribution is 0.183. The summed E-state index contributed by atoms with van der Waals surface area (Å²) in [6.07, 6.45) is 6.30. The van der Waals surface area contributed by atoms with Crippen molar-refractivity contribution in [2.45, 2.75) is 71.3 Å². The number of hydrogen-bond acceptors (Lipinski definition) is 4. The summed E-state index contributed by atoms with van der Waals surface area (Å²) < 4.78 is 5.18. The quantitative estimate of drug-likeness (QED) is 0.602. The Morgan fingerprint density at radius 1 is 1.33 bits per heavy atom. The number of unbranched alkanes of at least 4 members (excludes halogenated alkanes) is 3. The zero-order chi connectivity index (χ0) is 15.7. The molecular weight excluding hydrogens is 280 g/mol. The monoisotopic (exact) mass is 312 g/mol. The Labute approximate surface area is 134 Å². The zero-order valence-electron chi connectivity index (χ0n) is 14.4. The van der Waals surface area contributed by atoms with Crippen LogP contribution in [0.4, 0.5) is 0 Å². The van der Waals surface area contributed by atoms with Crippen molar-refractivity contribution in [3.05, 3.63) is 16.1 Å². The van der Waals surface area contributed by atoms with E-state index in [4.69, 9.17) is 9.72 Å². The van der Waals surface area contributed by atoms with Gasteiger partial charge in [0.15, 0.2) is 0 Å². The molecule has 1 rings (SSSR count). The highest BCUT2D eigenvalue weighted by atomic mass is 32.1. The predicted octanol–water partition coefficient (Wildman–Crippen LogP) is 4.69. The van der Waals surface area contributed by atoms with E-state index in [9.17, 15) is 0 Å². The number of nitrogens with one attached hydrogen (secondary N) is 1. The maximum Gasteiger partial charge on any atom is 0.113 e. The zero-order valence-corrected chi connectivity index (χ0v) is 15.2. The van der Waals surface area contributed by atoms with Crippen LogP contribution in [-0.2, 0) is 10.3 Å². The van der Waals surface area contributed by atoms with Crippen LogP contribution in [0, 0.1) is 0 Å². The van der Waals surface area contributed by atoms with Crippen molar-refractivity contribution in [2.24, 2.45) is 0 Å². The second-order valence-electron chi connectivity index (χ2n) is 6.29. The first-order valence-corrected chi connectivity index (χ1v) is 9.11. The van der Waals surface area contributed by atoms with Crippen LogP contribution >= 0.6 is 11.3 Å². The molecule has 0 saturated carbocycles. The molecule has 0 fully saturated rings. The summed E-state index contributed by atoms with van der Waals surface area (Å²) in [6, 6.07) is 0. The molecule has 0 spiro atoms. The van der Waals surface area contributed by atoms with Gasteiger partial charge in [0.25, 0.3) is 0 Å². The van der Waals surface area contributed by atoms with Crippen LogP contribution in [0.1, 0.15) is 76.4 Å². The van der Waals surface area contributed by atoms with E-state index in [1.54, 1.807) is 18.4 Å². The lowest BCUT2D eigenvalue weighted by atomic mass is 9.94. The van der Waals surface area contributed by atoms with Crippen LogP contribution in [0.2, 0.25) is 0 Å². The number of ether oxygens (including phenoxy) is 1. The minimum absolute atomic E-state index is 0.0237. The molecular formula is C17H32N2OS. The van der Waals surface area contributed by atoms with Crippen LogP contribution in [0.25, 0.3) is 0 Å². The van der Waals surface area contributed by atoms with Gasteiger partial charge in [-0.2, -0.15) is 0 Å². The van der Waals surface area contributed by atoms with E-state index in [1.165, 1.54) is 36.4 Å². The Balaban J connectivity index is 2.73. The molecule has 0 aliphatic carbocycles. The largest absolute Gasteiger partial charge is 0.383 e. The number of hydrogen-bond donors (Lipinski definition) is 1. The van der Waals surface area contributed by atoms with Gasteiger partial charge < -0.3 is 10.1 Å². The minimum atomic E-state index is -0.0237. The summed E-state index contributed by atoms with van der Waals surface area (Å²) in [5, 5.41) is 7.10. The lowest BCUT2D eigenvalue weighted by Crippen LogP contribution is -2.41. The molecule has 0 aliphatic heterocycles. The van der Waals surface area contributed by atoms with Crippen molar-refractivity contribution in [1.82, 2.24) is 10.3 Å². The molecule has 0 aromatic carbocycles. The normalized spacial score (nSPS) is 14.6. The van der Waals surface area contributed by atoms with Gasteiger partial charge in [-0.05, 0) is 19.3 Å². The molecule has 0 bridgehead atoms. The van der Waals surface area contributed by atoms with E-state index in [2.05, 4.69) is 38.4 Å². The van der Waals surface area contributed by atoms with Crippen LogP contribution in [-0.4, -0.2) is 25.2 Å². The SMILES string of the molecule is CCCCCCC(C)(NCCOC)c1nc(C(C)C)cs1. The lowest BCUT2D eigenvalue weighted by Gasteiger charge is -2.29. The first kappa shape index (κ1) is 18.6. The van der Waals surface area contributed by atoms with Gasteiger partial charge >= 0.3 is 0 Å². The van der Waals surface area contributed by atoms with E-state index in [1.807, 2.05) is 0 Å². The topological polar surface area (TPSA) is 34.1 Å². The van der Waals surface area contributed by atoms with Crippen LogP contribution < -0.4 is 5.32 Å². The molecule has 1 aromatic rings. The fourth-order valence-electron chi connectivity index (χ4n) is 2.41. The molecule has 1 N–H and O–H groups in total. The molecule has 3 nitrogen and oxygen atoms in total. The van der Waals surface area contributed by atoms with Gasteiger partial charge in [-0.3, -0.25) is 0 Å². The highest BCUT2D eigenvalue weighted by molar-refractivity contribution is 7.09. The van der Waals surface area contributed by atoms with E-state index >= 15 is 0 Å².